The van der Waals surface area contributed by atoms with Crippen LogP contribution in [0.15, 0.2) is 30.3 Å². The second-order valence-electron chi connectivity index (χ2n) is 9.65. The summed E-state index contributed by atoms with van der Waals surface area (Å²) in [6.45, 7) is 10.3. The first-order valence-corrected chi connectivity index (χ1v) is 11.9. The van der Waals surface area contributed by atoms with Crippen LogP contribution in [0.4, 0.5) is 0 Å². The lowest BCUT2D eigenvalue weighted by atomic mass is 10.0. The molecule has 33 heavy (non-hydrogen) atoms. The highest BCUT2D eigenvalue weighted by atomic mass is 32.1. The van der Waals surface area contributed by atoms with Gasteiger partial charge in [0.05, 0.1) is 12.0 Å². The molecule has 7 nitrogen and oxygen atoms in total. The van der Waals surface area contributed by atoms with Crippen LogP contribution in [0.1, 0.15) is 72.3 Å². The van der Waals surface area contributed by atoms with E-state index in [1.807, 2.05) is 45.0 Å². The molecule has 1 aromatic carbocycles. The number of hydrogen-bond acceptors (Lipinski definition) is 6. The lowest BCUT2D eigenvalue weighted by molar-refractivity contribution is -0.158. The van der Waals surface area contributed by atoms with Crippen LogP contribution < -0.4 is 16.8 Å². The molecule has 0 saturated carbocycles. The van der Waals surface area contributed by atoms with Crippen molar-refractivity contribution in [2.24, 2.45) is 17.4 Å². The average molecular weight is 474 g/mol. The van der Waals surface area contributed by atoms with Crippen molar-refractivity contribution >= 4 is 29.1 Å². The molecule has 1 atom stereocenters. The molecule has 8 heteroatoms. The van der Waals surface area contributed by atoms with Crippen molar-refractivity contribution in [1.82, 2.24) is 5.32 Å². The Hall–Kier alpha value is -2.71. The second-order valence-corrected chi connectivity index (χ2v) is 10.9. The van der Waals surface area contributed by atoms with Crippen molar-refractivity contribution in [3.8, 4) is 0 Å². The number of carbonyl (C=O) groups is 3. The summed E-state index contributed by atoms with van der Waals surface area (Å²) in [6.07, 6.45) is 1.31. The SMILES string of the molecule is CC(C)C[C@H](NCc1ccc(Cc2cc(C(N)=O)c(CC(N)=O)s2)cc1)C(=O)OC(C)(C)C. The molecule has 0 radical (unpaired) electrons. The summed E-state index contributed by atoms with van der Waals surface area (Å²) < 4.78 is 5.56. The van der Waals surface area contributed by atoms with Gasteiger partial charge >= 0.3 is 5.97 Å². The molecule has 0 aliphatic rings. The lowest BCUT2D eigenvalue weighted by Gasteiger charge is -2.25. The van der Waals surface area contributed by atoms with Gasteiger partial charge in [-0.1, -0.05) is 38.1 Å². The van der Waals surface area contributed by atoms with Gasteiger partial charge in [-0.05, 0) is 50.3 Å². The number of amides is 2. The summed E-state index contributed by atoms with van der Waals surface area (Å²) >= 11 is 1.38. The van der Waals surface area contributed by atoms with Crippen LogP contribution >= 0.6 is 11.3 Å². The maximum absolute atomic E-state index is 12.6. The third-order valence-electron chi connectivity index (χ3n) is 4.81. The summed E-state index contributed by atoms with van der Waals surface area (Å²) in [7, 11) is 0. The fraction of sp³-hybridized carbons (Fsp3) is 0.480. The van der Waals surface area contributed by atoms with Crippen molar-refractivity contribution in [3.63, 3.8) is 0 Å². The summed E-state index contributed by atoms with van der Waals surface area (Å²) in [5.74, 6) is -0.934. The molecule has 0 saturated heterocycles. The molecule has 0 fully saturated rings. The topological polar surface area (TPSA) is 125 Å². The molecule has 1 aromatic heterocycles. The molecular weight excluding hydrogens is 438 g/mol. The van der Waals surface area contributed by atoms with Crippen LogP contribution in [0.2, 0.25) is 0 Å². The largest absolute Gasteiger partial charge is 0.459 e. The molecule has 0 spiro atoms. The first-order valence-electron chi connectivity index (χ1n) is 11.1. The summed E-state index contributed by atoms with van der Waals surface area (Å²) in [5, 5.41) is 3.33. The molecule has 5 N–H and O–H groups in total. The highest BCUT2D eigenvalue weighted by Crippen LogP contribution is 2.25. The zero-order valence-electron chi connectivity index (χ0n) is 20.1. The normalized spacial score (nSPS) is 12.5. The Balaban J connectivity index is 2.04. The molecule has 0 aliphatic carbocycles. The number of hydrogen-bond donors (Lipinski definition) is 3. The smallest absolute Gasteiger partial charge is 0.323 e. The maximum atomic E-state index is 12.6. The molecule has 1 heterocycles. The Labute approximate surface area is 199 Å². The van der Waals surface area contributed by atoms with Crippen LogP contribution in [-0.2, 0) is 33.7 Å². The highest BCUT2D eigenvalue weighted by molar-refractivity contribution is 7.12. The monoisotopic (exact) mass is 473 g/mol. The summed E-state index contributed by atoms with van der Waals surface area (Å²) in [6, 6.07) is 9.41. The van der Waals surface area contributed by atoms with E-state index in [-0.39, 0.29) is 18.4 Å². The highest BCUT2D eigenvalue weighted by Gasteiger charge is 2.25. The fourth-order valence-electron chi connectivity index (χ4n) is 3.39. The molecule has 2 aromatic rings. The van der Waals surface area contributed by atoms with Crippen LogP contribution in [-0.4, -0.2) is 29.4 Å². The van der Waals surface area contributed by atoms with E-state index in [0.717, 1.165) is 16.0 Å². The average Bonchev–Trinajstić information content (AvgIpc) is 3.06. The van der Waals surface area contributed by atoms with Gasteiger partial charge < -0.3 is 21.5 Å². The number of nitrogens with one attached hydrogen (secondary N) is 1. The Morgan fingerprint density at radius 2 is 1.67 bits per heavy atom. The van der Waals surface area contributed by atoms with Crippen molar-refractivity contribution in [2.75, 3.05) is 0 Å². The van der Waals surface area contributed by atoms with E-state index in [1.165, 1.54) is 11.3 Å². The molecule has 2 rings (SSSR count). The lowest BCUT2D eigenvalue weighted by Crippen LogP contribution is -2.41. The molecule has 0 bridgehead atoms. The number of esters is 1. The van der Waals surface area contributed by atoms with E-state index in [4.69, 9.17) is 16.2 Å². The van der Waals surface area contributed by atoms with E-state index in [2.05, 4.69) is 19.2 Å². The number of primary amides is 2. The predicted molar refractivity (Wildman–Crippen MR) is 131 cm³/mol. The van der Waals surface area contributed by atoms with Crippen molar-refractivity contribution in [3.05, 3.63) is 56.8 Å². The Morgan fingerprint density at radius 3 is 2.18 bits per heavy atom. The van der Waals surface area contributed by atoms with Gasteiger partial charge in [0.2, 0.25) is 11.8 Å². The van der Waals surface area contributed by atoms with Gasteiger partial charge in [0.25, 0.3) is 0 Å². The van der Waals surface area contributed by atoms with Crippen LogP contribution in [0.3, 0.4) is 0 Å². The van der Waals surface area contributed by atoms with Gasteiger partial charge in [-0.2, -0.15) is 0 Å². The van der Waals surface area contributed by atoms with E-state index >= 15 is 0 Å². The van der Waals surface area contributed by atoms with Crippen LogP contribution in [0.25, 0.3) is 0 Å². The first-order chi connectivity index (χ1) is 15.3. The number of benzene rings is 1. The minimum atomic E-state index is -0.559. The molecule has 0 aliphatic heterocycles. The van der Waals surface area contributed by atoms with E-state index in [0.29, 0.717) is 35.7 Å². The maximum Gasteiger partial charge on any atom is 0.323 e. The summed E-state index contributed by atoms with van der Waals surface area (Å²) in [4.78, 5) is 37.0. The Bertz CT molecular complexity index is 975. The summed E-state index contributed by atoms with van der Waals surface area (Å²) in [5.41, 5.74) is 12.7. The van der Waals surface area contributed by atoms with Crippen molar-refractivity contribution in [1.29, 1.82) is 0 Å². The van der Waals surface area contributed by atoms with Gasteiger partial charge in [-0.15, -0.1) is 11.3 Å². The Kier molecular flexibility index (Phi) is 9.19. The minimum absolute atomic E-state index is 0.00272. The predicted octanol–water partition coefficient (Wildman–Crippen LogP) is 3.31. The third kappa shape index (κ3) is 8.98. The van der Waals surface area contributed by atoms with Crippen molar-refractivity contribution < 1.29 is 19.1 Å². The number of ether oxygens (including phenoxy) is 1. The van der Waals surface area contributed by atoms with Gasteiger partial charge in [0.15, 0.2) is 0 Å². The van der Waals surface area contributed by atoms with Crippen LogP contribution in [0, 0.1) is 5.92 Å². The van der Waals surface area contributed by atoms with E-state index in [1.54, 1.807) is 6.07 Å². The first kappa shape index (κ1) is 26.5. The molecule has 180 valence electrons. The second kappa shape index (κ2) is 11.4. The fourth-order valence-corrected chi connectivity index (χ4v) is 4.61. The van der Waals surface area contributed by atoms with Gasteiger partial charge in [0.1, 0.15) is 11.6 Å². The third-order valence-corrected chi connectivity index (χ3v) is 5.95. The molecule has 2 amide bonds. The molecular formula is C25H35N3O4S. The van der Waals surface area contributed by atoms with E-state index in [9.17, 15) is 14.4 Å². The van der Waals surface area contributed by atoms with Crippen molar-refractivity contribution in [2.45, 2.75) is 72.1 Å². The zero-order chi connectivity index (χ0) is 24.8. The molecule has 0 unspecified atom stereocenters. The van der Waals surface area contributed by atoms with E-state index < -0.39 is 17.4 Å². The number of carbonyl (C=O) groups excluding carboxylic acids is 3. The number of thiophene rings is 1. The number of nitrogens with two attached hydrogens (primary N) is 2. The van der Waals surface area contributed by atoms with Gasteiger partial charge in [-0.25, -0.2) is 0 Å². The zero-order valence-corrected chi connectivity index (χ0v) is 20.9. The Morgan fingerprint density at radius 1 is 1.06 bits per heavy atom. The van der Waals surface area contributed by atoms with Gasteiger partial charge in [-0.3, -0.25) is 14.4 Å². The minimum Gasteiger partial charge on any atom is -0.459 e. The standard InChI is InChI=1S/C25H35N3O4S/c1-15(2)10-20(24(31)32-25(3,4)5)28-14-17-8-6-16(7-9-17)11-18-12-19(23(27)30)21(33-18)13-22(26)29/h6-9,12,15,20,28H,10-11,13-14H2,1-5H3,(H2,26,29)(H2,27,30)/t20-/m0/s1. The van der Waals surface area contributed by atoms with Crippen LogP contribution in [0.5, 0.6) is 0 Å². The quantitative estimate of drug-likeness (QED) is 0.432. The number of rotatable bonds is 11. The van der Waals surface area contributed by atoms with Gasteiger partial charge in [0, 0.05) is 22.7 Å².